The number of Topliss-reactive ketones (excluding diaryl/α,β-unsaturated/α-hetero) is 1. The second-order valence-corrected chi connectivity index (χ2v) is 11.6. The van der Waals surface area contributed by atoms with Crippen LogP contribution in [-0.2, 0) is 26.2 Å². The van der Waals surface area contributed by atoms with E-state index in [0.29, 0.717) is 18.4 Å². The van der Waals surface area contributed by atoms with E-state index in [0.717, 1.165) is 5.56 Å². The van der Waals surface area contributed by atoms with Crippen LogP contribution < -0.4 is 11.1 Å². The Morgan fingerprint density at radius 3 is 2.50 bits per heavy atom. The molecule has 2 aromatic rings. The Morgan fingerprint density at radius 1 is 1.11 bits per heavy atom. The highest BCUT2D eigenvalue weighted by Gasteiger charge is 2.54. The molecule has 2 aromatic carbocycles. The van der Waals surface area contributed by atoms with Crippen molar-refractivity contribution in [3.63, 3.8) is 0 Å². The van der Waals surface area contributed by atoms with Crippen LogP contribution in [0.1, 0.15) is 42.6 Å². The number of ketones is 1. The average Bonchev–Trinajstić information content (AvgIpc) is 3.45. The first kappa shape index (κ1) is 26.0. The van der Waals surface area contributed by atoms with Gasteiger partial charge in [-0.2, -0.15) is 4.31 Å². The fourth-order valence-corrected chi connectivity index (χ4v) is 6.69. The summed E-state index contributed by atoms with van der Waals surface area (Å²) in [6.07, 6.45) is 0.740. The summed E-state index contributed by atoms with van der Waals surface area (Å²) in [5, 5.41) is 2.84. The van der Waals surface area contributed by atoms with Crippen LogP contribution in [0.3, 0.4) is 0 Å². The molecule has 0 spiro atoms. The van der Waals surface area contributed by atoms with Crippen molar-refractivity contribution in [3.8, 4) is 0 Å². The Labute approximate surface area is 211 Å². The monoisotopic (exact) mass is 512 g/mol. The van der Waals surface area contributed by atoms with Crippen molar-refractivity contribution in [1.82, 2.24) is 14.5 Å². The molecule has 2 aliphatic rings. The van der Waals surface area contributed by atoms with E-state index in [9.17, 15) is 22.8 Å². The van der Waals surface area contributed by atoms with Crippen molar-refractivity contribution in [1.29, 1.82) is 0 Å². The number of sulfonamides is 1. The third-order valence-corrected chi connectivity index (χ3v) is 8.63. The van der Waals surface area contributed by atoms with Gasteiger partial charge in [0.2, 0.25) is 15.9 Å². The minimum absolute atomic E-state index is 0.0993. The molecule has 10 heteroatoms. The fourth-order valence-electron chi connectivity index (χ4n) is 5.04. The Morgan fingerprint density at radius 2 is 1.83 bits per heavy atom. The summed E-state index contributed by atoms with van der Waals surface area (Å²) in [6, 6.07) is 12.6. The third-order valence-electron chi connectivity index (χ3n) is 6.75. The Balaban J connectivity index is 1.55. The van der Waals surface area contributed by atoms with E-state index in [1.54, 1.807) is 36.4 Å². The maximum absolute atomic E-state index is 13.7. The smallest absolute Gasteiger partial charge is 0.251 e. The predicted molar refractivity (Wildman–Crippen MR) is 134 cm³/mol. The molecule has 9 nitrogen and oxygen atoms in total. The van der Waals surface area contributed by atoms with Crippen LogP contribution >= 0.6 is 0 Å². The summed E-state index contributed by atoms with van der Waals surface area (Å²) in [5.41, 5.74) is 6.89. The summed E-state index contributed by atoms with van der Waals surface area (Å²) in [6.45, 7) is 4.15. The van der Waals surface area contributed by atoms with Gasteiger partial charge in [-0.15, -0.1) is 0 Å². The number of nitrogens with two attached hydrogens (primary N) is 1. The maximum Gasteiger partial charge on any atom is 0.251 e. The molecular weight excluding hydrogens is 480 g/mol. The maximum atomic E-state index is 13.7. The topological polar surface area (TPSA) is 130 Å². The SMILES string of the molecule is CC(C)C[C@H](NC(=O)c1cccc(CN)c1)C(=O)N1CC[C@@H]2[C@H]1C(=O)CN2S(=O)(=O)c1ccccc1. The van der Waals surface area contributed by atoms with Crippen molar-refractivity contribution in [2.75, 3.05) is 13.1 Å². The molecule has 0 aliphatic carbocycles. The first-order valence-electron chi connectivity index (χ1n) is 12.1. The lowest BCUT2D eigenvalue weighted by atomic mass is 10.0. The van der Waals surface area contributed by atoms with Crippen molar-refractivity contribution >= 4 is 27.6 Å². The van der Waals surface area contributed by atoms with Crippen LogP contribution in [0.2, 0.25) is 0 Å². The molecule has 0 bridgehead atoms. The number of nitrogens with zero attached hydrogens (tertiary/aromatic N) is 2. The van der Waals surface area contributed by atoms with Crippen molar-refractivity contribution < 1.29 is 22.8 Å². The Bertz CT molecular complexity index is 1250. The van der Waals surface area contributed by atoms with E-state index in [4.69, 9.17) is 5.73 Å². The highest BCUT2D eigenvalue weighted by atomic mass is 32.2. The van der Waals surface area contributed by atoms with Crippen molar-refractivity contribution in [2.24, 2.45) is 11.7 Å². The van der Waals surface area contributed by atoms with Gasteiger partial charge in [0.1, 0.15) is 12.1 Å². The number of rotatable bonds is 8. The van der Waals surface area contributed by atoms with Crippen LogP contribution in [0, 0.1) is 5.92 Å². The summed E-state index contributed by atoms with van der Waals surface area (Å²) >= 11 is 0. The summed E-state index contributed by atoms with van der Waals surface area (Å²) in [5.74, 6) is -0.976. The summed E-state index contributed by atoms with van der Waals surface area (Å²) < 4.78 is 27.7. The van der Waals surface area contributed by atoms with Crippen LogP contribution in [0.15, 0.2) is 59.5 Å². The van der Waals surface area contributed by atoms with Gasteiger partial charge in [0.05, 0.1) is 17.5 Å². The molecule has 0 unspecified atom stereocenters. The lowest BCUT2D eigenvalue weighted by Gasteiger charge is -2.29. The molecule has 2 fully saturated rings. The van der Waals surface area contributed by atoms with Crippen molar-refractivity contribution in [2.45, 2.75) is 56.3 Å². The zero-order valence-corrected chi connectivity index (χ0v) is 21.3. The van der Waals surface area contributed by atoms with Crippen LogP contribution in [0.5, 0.6) is 0 Å². The van der Waals surface area contributed by atoms with Gasteiger partial charge < -0.3 is 16.0 Å². The van der Waals surface area contributed by atoms with Crippen LogP contribution in [0.4, 0.5) is 0 Å². The minimum atomic E-state index is -3.88. The van der Waals surface area contributed by atoms with Gasteiger partial charge in [-0.25, -0.2) is 8.42 Å². The van der Waals surface area contributed by atoms with Gasteiger partial charge >= 0.3 is 0 Å². The molecule has 2 saturated heterocycles. The standard InChI is InChI=1S/C26H32N4O5S/c1-17(2)13-21(28-25(32)19-8-6-7-18(14-19)15-27)26(33)29-12-11-22-24(29)23(31)16-30(22)36(34,35)20-9-4-3-5-10-20/h3-10,14,17,21-22,24H,11-13,15-16,27H2,1-2H3,(H,28,32)/t21-,22+,24-/m0/s1. The minimum Gasteiger partial charge on any atom is -0.340 e. The van der Waals surface area contributed by atoms with E-state index < -0.39 is 34.1 Å². The van der Waals surface area contributed by atoms with Crippen LogP contribution in [0.25, 0.3) is 0 Å². The van der Waals surface area contributed by atoms with E-state index in [-0.39, 0.29) is 42.1 Å². The van der Waals surface area contributed by atoms with Gasteiger partial charge in [-0.3, -0.25) is 14.4 Å². The van der Waals surface area contributed by atoms with E-state index in [1.807, 2.05) is 19.9 Å². The number of carbonyl (C=O) groups is 3. The van der Waals surface area contributed by atoms with Gasteiger partial charge in [0.25, 0.3) is 5.91 Å². The number of nitrogens with one attached hydrogen (secondary N) is 1. The summed E-state index contributed by atoms with van der Waals surface area (Å²) in [4.78, 5) is 41.2. The highest BCUT2D eigenvalue weighted by Crippen LogP contribution is 2.34. The van der Waals surface area contributed by atoms with Gasteiger partial charge in [-0.05, 0) is 48.6 Å². The molecule has 2 heterocycles. The number of carbonyl (C=O) groups excluding carboxylic acids is 3. The second-order valence-electron chi connectivity index (χ2n) is 9.72. The fraction of sp³-hybridized carbons (Fsp3) is 0.423. The van der Waals surface area contributed by atoms with E-state index in [2.05, 4.69) is 5.32 Å². The molecule has 192 valence electrons. The molecule has 3 atom stereocenters. The zero-order valence-electron chi connectivity index (χ0n) is 20.5. The normalized spacial score (nSPS) is 21.0. The predicted octanol–water partition coefficient (Wildman–Crippen LogP) is 1.53. The number of benzene rings is 2. The number of fused-ring (bicyclic) bond motifs is 1. The van der Waals surface area contributed by atoms with E-state index >= 15 is 0 Å². The molecule has 0 aromatic heterocycles. The lowest BCUT2D eigenvalue weighted by Crippen LogP contribution is -2.53. The largest absolute Gasteiger partial charge is 0.340 e. The molecule has 2 amide bonds. The first-order chi connectivity index (χ1) is 17.1. The molecule has 3 N–H and O–H groups in total. The molecule has 2 aliphatic heterocycles. The number of likely N-dealkylation sites (tertiary alicyclic amines) is 1. The molecule has 36 heavy (non-hydrogen) atoms. The summed E-state index contributed by atoms with van der Waals surface area (Å²) in [7, 11) is -3.88. The lowest BCUT2D eigenvalue weighted by molar-refractivity contribution is -0.138. The van der Waals surface area contributed by atoms with Gasteiger partial charge in [0.15, 0.2) is 5.78 Å². The average molecular weight is 513 g/mol. The van der Waals surface area contributed by atoms with Gasteiger partial charge in [-0.1, -0.05) is 44.2 Å². The Hall–Kier alpha value is -3.08. The molecule has 4 rings (SSSR count). The molecule has 0 radical (unpaired) electrons. The quantitative estimate of drug-likeness (QED) is 0.552. The second kappa shape index (κ2) is 10.5. The highest BCUT2D eigenvalue weighted by molar-refractivity contribution is 7.89. The third kappa shape index (κ3) is 5.07. The van der Waals surface area contributed by atoms with Crippen molar-refractivity contribution in [3.05, 3.63) is 65.7 Å². The molecular formula is C26H32N4O5S. The number of hydrogen-bond donors (Lipinski definition) is 2. The number of amides is 2. The van der Waals surface area contributed by atoms with Crippen LogP contribution in [-0.4, -0.2) is 66.4 Å². The first-order valence-corrected chi connectivity index (χ1v) is 13.6. The van der Waals surface area contributed by atoms with E-state index in [1.165, 1.54) is 21.3 Å². The number of hydrogen-bond acceptors (Lipinski definition) is 6. The Kier molecular flexibility index (Phi) is 7.58. The van der Waals surface area contributed by atoms with Gasteiger partial charge in [0, 0.05) is 18.7 Å². The molecule has 0 saturated carbocycles. The zero-order chi connectivity index (χ0) is 26.0.